The van der Waals surface area contributed by atoms with Crippen LogP contribution in [0.1, 0.15) is 11.1 Å². The van der Waals surface area contributed by atoms with Crippen LogP contribution in [0.4, 0.5) is 13.2 Å². The van der Waals surface area contributed by atoms with Crippen LogP contribution in [0.2, 0.25) is 0 Å². The molecule has 7 heteroatoms. The van der Waals surface area contributed by atoms with Gasteiger partial charge in [-0.2, -0.15) is 13.2 Å². The Morgan fingerprint density at radius 2 is 1.94 bits per heavy atom. The number of fused-ring (bicyclic) bond motifs is 1. The van der Waals surface area contributed by atoms with Gasteiger partial charge in [0, 0.05) is 12.0 Å². The summed E-state index contributed by atoms with van der Waals surface area (Å²) in [5, 5.41) is 3.74. The first-order valence-electron chi connectivity index (χ1n) is 5.07. The number of alkyl halides is 3. The smallest absolute Gasteiger partial charge is 0.316 e. The lowest BCUT2D eigenvalue weighted by molar-refractivity contribution is -0.137. The van der Waals surface area contributed by atoms with E-state index in [-0.39, 0.29) is 17.0 Å². The van der Waals surface area contributed by atoms with Crippen LogP contribution in [-0.4, -0.2) is 22.0 Å². The van der Waals surface area contributed by atoms with Crippen molar-refractivity contribution >= 4 is 15.4 Å². The maximum absolute atomic E-state index is 12.6. The standard InChI is InChI=1S/C11H10F3NO2S/c1-15-5-7-6-18(16,17)10-3-2-8(4-9(7)10)11(12,13)14/h2-4,6,15H,5H2,1H3. The van der Waals surface area contributed by atoms with E-state index in [0.717, 1.165) is 23.6 Å². The third-order valence-electron chi connectivity index (χ3n) is 2.62. The molecule has 0 atom stereocenters. The summed E-state index contributed by atoms with van der Waals surface area (Å²) in [5.41, 5.74) is -0.377. The Labute approximate surface area is 102 Å². The van der Waals surface area contributed by atoms with Crippen molar-refractivity contribution in [3.8, 4) is 0 Å². The number of halogens is 3. The van der Waals surface area contributed by atoms with Gasteiger partial charge in [-0.1, -0.05) is 0 Å². The summed E-state index contributed by atoms with van der Waals surface area (Å²) in [6, 6.07) is 2.67. The summed E-state index contributed by atoms with van der Waals surface area (Å²) in [4.78, 5) is -0.0688. The van der Waals surface area contributed by atoms with Crippen molar-refractivity contribution in [3.05, 3.63) is 34.7 Å². The number of hydrogen-bond donors (Lipinski definition) is 1. The normalized spacial score (nSPS) is 17.4. The van der Waals surface area contributed by atoms with Crippen LogP contribution < -0.4 is 5.32 Å². The number of rotatable bonds is 2. The zero-order chi connectivity index (χ0) is 13.6. The minimum absolute atomic E-state index is 0.0688. The fraction of sp³-hybridized carbons (Fsp3) is 0.273. The van der Waals surface area contributed by atoms with Crippen molar-refractivity contribution in [2.45, 2.75) is 11.1 Å². The Bertz CT molecular complexity index is 618. The molecular weight excluding hydrogens is 267 g/mol. The van der Waals surface area contributed by atoms with Gasteiger partial charge in [-0.05, 0) is 36.4 Å². The molecule has 0 spiro atoms. The van der Waals surface area contributed by atoms with Crippen LogP contribution in [-0.2, 0) is 16.0 Å². The molecule has 0 bridgehead atoms. The summed E-state index contributed by atoms with van der Waals surface area (Å²) in [6.07, 6.45) is -4.48. The van der Waals surface area contributed by atoms with Gasteiger partial charge in [0.25, 0.3) is 0 Å². The fourth-order valence-corrected chi connectivity index (χ4v) is 3.31. The number of nitrogens with one attached hydrogen (secondary N) is 1. The van der Waals surface area contributed by atoms with E-state index in [1.165, 1.54) is 0 Å². The molecule has 18 heavy (non-hydrogen) atoms. The minimum Gasteiger partial charge on any atom is -0.316 e. The van der Waals surface area contributed by atoms with Crippen LogP contribution in [0.3, 0.4) is 0 Å². The zero-order valence-electron chi connectivity index (χ0n) is 9.38. The van der Waals surface area contributed by atoms with Crippen molar-refractivity contribution in [3.63, 3.8) is 0 Å². The van der Waals surface area contributed by atoms with Crippen molar-refractivity contribution in [1.29, 1.82) is 0 Å². The van der Waals surface area contributed by atoms with E-state index in [9.17, 15) is 21.6 Å². The molecule has 0 fully saturated rings. The quantitative estimate of drug-likeness (QED) is 0.900. The molecule has 0 saturated carbocycles. The minimum atomic E-state index is -4.48. The van der Waals surface area contributed by atoms with Gasteiger partial charge in [-0.3, -0.25) is 0 Å². The molecule has 1 aromatic rings. The first-order valence-corrected chi connectivity index (χ1v) is 6.62. The van der Waals surface area contributed by atoms with Gasteiger partial charge in [0.1, 0.15) is 0 Å². The van der Waals surface area contributed by atoms with Crippen molar-refractivity contribution in [2.24, 2.45) is 0 Å². The molecule has 1 N–H and O–H groups in total. The Balaban J connectivity index is 2.60. The molecule has 1 aromatic carbocycles. The topological polar surface area (TPSA) is 46.2 Å². The van der Waals surface area contributed by atoms with Crippen LogP contribution in [0.25, 0.3) is 5.57 Å². The van der Waals surface area contributed by atoms with E-state index in [2.05, 4.69) is 5.32 Å². The lowest BCUT2D eigenvalue weighted by Crippen LogP contribution is -2.10. The second-order valence-electron chi connectivity index (χ2n) is 3.93. The largest absolute Gasteiger partial charge is 0.416 e. The third kappa shape index (κ3) is 2.15. The highest BCUT2D eigenvalue weighted by Gasteiger charge is 2.34. The van der Waals surface area contributed by atoms with Crippen LogP contribution >= 0.6 is 0 Å². The summed E-state index contributed by atoms with van der Waals surface area (Å²) in [7, 11) is -2.01. The maximum atomic E-state index is 12.6. The first-order chi connectivity index (χ1) is 8.25. The van der Waals surface area contributed by atoms with Crippen molar-refractivity contribution < 1.29 is 21.6 Å². The van der Waals surface area contributed by atoms with Gasteiger partial charge in [-0.15, -0.1) is 0 Å². The second-order valence-corrected chi connectivity index (χ2v) is 5.69. The molecule has 1 aliphatic rings. The SMILES string of the molecule is CNCC1=CS(=O)(=O)c2ccc(C(F)(F)F)cc21. The molecule has 0 amide bonds. The van der Waals surface area contributed by atoms with Gasteiger partial charge in [0.05, 0.1) is 10.5 Å². The molecular formula is C11H10F3NO2S. The third-order valence-corrected chi connectivity index (χ3v) is 4.19. The number of benzene rings is 1. The Hall–Kier alpha value is -1.34. The Morgan fingerprint density at radius 1 is 1.28 bits per heavy atom. The van der Waals surface area contributed by atoms with Gasteiger partial charge >= 0.3 is 6.18 Å². The van der Waals surface area contributed by atoms with E-state index in [4.69, 9.17) is 0 Å². The first kappa shape index (κ1) is 13.1. The monoisotopic (exact) mass is 277 g/mol. The molecule has 0 unspecified atom stereocenters. The van der Waals surface area contributed by atoms with E-state index in [1.807, 2.05) is 0 Å². The molecule has 1 heterocycles. The van der Waals surface area contributed by atoms with Gasteiger partial charge in [0.2, 0.25) is 9.84 Å². The maximum Gasteiger partial charge on any atom is 0.416 e. The summed E-state index contributed by atoms with van der Waals surface area (Å²) in [6.45, 7) is 0.202. The van der Waals surface area contributed by atoms with Crippen molar-refractivity contribution in [1.82, 2.24) is 5.32 Å². The summed E-state index contributed by atoms with van der Waals surface area (Å²) in [5.74, 6) is 0. The highest BCUT2D eigenvalue weighted by atomic mass is 32.2. The highest BCUT2D eigenvalue weighted by Crippen LogP contribution is 2.37. The van der Waals surface area contributed by atoms with Crippen LogP contribution in [0, 0.1) is 0 Å². The molecule has 3 nitrogen and oxygen atoms in total. The lowest BCUT2D eigenvalue weighted by Gasteiger charge is -2.10. The average Bonchev–Trinajstić information content (AvgIpc) is 2.50. The summed E-state index contributed by atoms with van der Waals surface area (Å²) >= 11 is 0. The van der Waals surface area contributed by atoms with E-state index in [1.54, 1.807) is 7.05 Å². The molecule has 0 aliphatic carbocycles. The predicted molar refractivity (Wildman–Crippen MR) is 60.5 cm³/mol. The Kier molecular flexibility index (Phi) is 2.98. The molecule has 0 saturated heterocycles. The summed E-state index contributed by atoms with van der Waals surface area (Å²) < 4.78 is 61.2. The second kappa shape index (κ2) is 4.10. The molecule has 98 valence electrons. The number of likely N-dealkylation sites (N-methyl/N-ethyl adjacent to an activating group) is 1. The van der Waals surface area contributed by atoms with Crippen molar-refractivity contribution in [2.75, 3.05) is 13.6 Å². The van der Waals surface area contributed by atoms with Crippen LogP contribution in [0.5, 0.6) is 0 Å². The molecule has 1 aliphatic heterocycles. The van der Waals surface area contributed by atoms with E-state index < -0.39 is 21.6 Å². The lowest BCUT2D eigenvalue weighted by atomic mass is 10.0. The van der Waals surface area contributed by atoms with E-state index in [0.29, 0.717) is 5.57 Å². The molecule has 2 rings (SSSR count). The number of hydrogen-bond acceptors (Lipinski definition) is 3. The average molecular weight is 277 g/mol. The predicted octanol–water partition coefficient (Wildman–Crippen LogP) is 2.05. The number of sulfone groups is 1. The fourth-order valence-electron chi connectivity index (χ4n) is 1.85. The van der Waals surface area contributed by atoms with E-state index >= 15 is 0 Å². The zero-order valence-corrected chi connectivity index (χ0v) is 10.2. The van der Waals surface area contributed by atoms with Gasteiger partial charge < -0.3 is 5.32 Å². The van der Waals surface area contributed by atoms with Gasteiger partial charge in [-0.25, -0.2) is 8.42 Å². The highest BCUT2D eigenvalue weighted by molar-refractivity contribution is 7.95. The van der Waals surface area contributed by atoms with Gasteiger partial charge in [0.15, 0.2) is 0 Å². The Morgan fingerprint density at radius 3 is 2.50 bits per heavy atom. The molecule has 0 aromatic heterocycles. The van der Waals surface area contributed by atoms with Crippen LogP contribution in [0.15, 0.2) is 28.5 Å². The molecule has 0 radical (unpaired) electrons.